The fourth-order valence-corrected chi connectivity index (χ4v) is 5.68. The van der Waals surface area contributed by atoms with Gasteiger partial charge < -0.3 is 19.5 Å². The number of nitrogens with one attached hydrogen (secondary N) is 1. The summed E-state index contributed by atoms with van der Waals surface area (Å²) < 4.78 is 7.67. The second-order valence-corrected chi connectivity index (χ2v) is 10.4. The highest BCUT2D eigenvalue weighted by atomic mass is 35.5. The van der Waals surface area contributed by atoms with E-state index in [1.807, 2.05) is 42.5 Å². The second kappa shape index (κ2) is 8.82. The van der Waals surface area contributed by atoms with Gasteiger partial charge >= 0.3 is 6.09 Å². The lowest BCUT2D eigenvalue weighted by molar-refractivity contribution is -0.131. The smallest absolute Gasteiger partial charge is 0.407 e. The van der Waals surface area contributed by atoms with Crippen LogP contribution in [0.4, 0.5) is 10.5 Å². The molecule has 8 nitrogen and oxygen atoms in total. The van der Waals surface area contributed by atoms with Crippen LogP contribution in [-0.4, -0.2) is 33.7 Å². The highest BCUT2D eigenvalue weighted by Gasteiger charge is 2.59. The maximum absolute atomic E-state index is 13.9. The molecule has 2 amide bonds. The van der Waals surface area contributed by atoms with Crippen LogP contribution in [0.25, 0.3) is 11.0 Å². The van der Waals surface area contributed by atoms with E-state index in [1.54, 1.807) is 4.90 Å². The van der Waals surface area contributed by atoms with Crippen molar-refractivity contribution in [1.82, 2.24) is 14.9 Å². The van der Waals surface area contributed by atoms with Gasteiger partial charge in [-0.2, -0.15) is 5.26 Å². The minimum Gasteiger partial charge on any atom is -0.446 e. The van der Waals surface area contributed by atoms with Crippen molar-refractivity contribution in [2.75, 3.05) is 4.90 Å². The number of aromatic nitrogens is 2. The molecule has 2 fully saturated rings. The largest absolute Gasteiger partial charge is 0.446 e. The number of amides is 2. The van der Waals surface area contributed by atoms with E-state index in [2.05, 4.69) is 16.0 Å². The predicted octanol–water partition coefficient (Wildman–Crippen LogP) is 4.83. The summed E-state index contributed by atoms with van der Waals surface area (Å²) in [5, 5.41) is 12.5. The molecule has 3 aromatic rings. The van der Waals surface area contributed by atoms with Crippen LogP contribution in [0.15, 0.2) is 42.5 Å². The number of carbonyl (C=O) groups is 2. The fraction of sp³-hybridized carbons (Fsp3) is 0.407. The van der Waals surface area contributed by atoms with Gasteiger partial charge in [-0.15, -0.1) is 0 Å². The van der Waals surface area contributed by atoms with Crippen LogP contribution in [0.2, 0.25) is 5.02 Å². The zero-order valence-corrected chi connectivity index (χ0v) is 20.5. The van der Waals surface area contributed by atoms with Crippen LogP contribution in [0, 0.1) is 11.3 Å². The van der Waals surface area contributed by atoms with E-state index < -0.39 is 11.5 Å². The number of alkyl carbamates (subject to hydrolysis) is 1. The van der Waals surface area contributed by atoms with E-state index in [-0.39, 0.29) is 18.1 Å². The minimum atomic E-state index is -0.678. The van der Waals surface area contributed by atoms with Gasteiger partial charge in [0.15, 0.2) is 0 Å². The molecule has 1 spiro atoms. The molecule has 6 rings (SSSR count). The number of benzene rings is 2. The lowest BCUT2D eigenvalue weighted by Gasteiger charge is -2.43. The van der Waals surface area contributed by atoms with Crippen molar-refractivity contribution in [2.24, 2.45) is 0 Å². The number of fused-ring (bicyclic) bond motifs is 3. The van der Waals surface area contributed by atoms with Crippen LogP contribution in [0.3, 0.4) is 0 Å². The number of rotatable bonds is 7. The molecule has 9 heteroatoms. The van der Waals surface area contributed by atoms with Gasteiger partial charge in [0.05, 0.1) is 29.1 Å². The molecular formula is C27H26ClN5O3. The maximum Gasteiger partial charge on any atom is 0.407 e. The van der Waals surface area contributed by atoms with Crippen molar-refractivity contribution >= 4 is 40.3 Å². The van der Waals surface area contributed by atoms with Gasteiger partial charge in [0.1, 0.15) is 11.9 Å². The average Bonchev–Trinajstić information content (AvgIpc) is 3.54. The first-order chi connectivity index (χ1) is 17.5. The fourth-order valence-electron chi connectivity index (χ4n) is 5.51. The number of ether oxygens (including phenoxy) is 1. The molecule has 0 atom stereocenters. The summed E-state index contributed by atoms with van der Waals surface area (Å²) in [6, 6.07) is 15.9. The number of para-hydroxylation sites is 1. The Morgan fingerprint density at radius 1 is 1.25 bits per heavy atom. The highest BCUT2D eigenvalue weighted by molar-refractivity contribution is 6.31. The molecule has 0 saturated heterocycles. The third kappa shape index (κ3) is 3.88. The topological polar surface area (TPSA) is 100 Å². The van der Waals surface area contributed by atoms with Gasteiger partial charge in [-0.3, -0.25) is 4.79 Å². The number of halogens is 1. The van der Waals surface area contributed by atoms with Crippen molar-refractivity contribution in [2.45, 2.75) is 69.2 Å². The maximum atomic E-state index is 13.9. The lowest BCUT2D eigenvalue weighted by atomic mass is 9.63. The Hall–Kier alpha value is -3.57. The first kappa shape index (κ1) is 22.9. The van der Waals surface area contributed by atoms with Crippen LogP contribution in [-0.2, 0) is 28.0 Å². The Morgan fingerprint density at radius 2 is 2.06 bits per heavy atom. The number of nitrogens with zero attached hydrogens (tertiary/aromatic N) is 4. The standard InChI is InChI=1S/C27H26ClN5O3/c28-17-7-10-23-21(13-17)31-24(32(23)12-4-3-11-29)16-33-22-6-2-1-5-20(22)27(25(33)34)14-19(15-27)36-26(35)30-18-8-9-18/h1-2,5-7,10,13,18-19H,3-4,8-9,12,14-16H2,(H,30,35)/t19-,27-. The van der Waals surface area contributed by atoms with Crippen molar-refractivity contribution in [3.8, 4) is 6.07 Å². The molecule has 2 heterocycles. The van der Waals surface area contributed by atoms with Gasteiger partial charge in [0.2, 0.25) is 5.91 Å². The number of carbonyl (C=O) groups excluding carboxylic acids is 2. The van der Waals surface area contributed by atoms with E-state index in [4.69, 9.17) is 26.6 Å². The van der Waals surface area contributed by atoms with E-state index >= 15 is 0 Å². The van der Waals surface area contributed by atoms with Gasteiger partial charge in [0, 0.05) is 42.6 Å². The van der Waals surface area contributed by atoms with Crippen LogP contribution in [0.5, 0.6) is 0 Å². The second-order valence-electron chi connectivity index (χ2n) is 9.92. The molecule has 2 saturated carbocycles. The molecule has 3 aliphatic rings. The third-order valence-corrected chi connectivity index (χ3v) is 7.68. The number of imidazole rings is 1. The summed E-state index contributed by atoms with van der Waals surface area (Å²) in [7, 11) is 0. The summed E-state index contributed by atoms with van der Waals surface area (Å²) >= 11 is 6.21. The molecule has 0 unspecified atom stereocenters. The minimum absolute atomic E-state index is 0.0137. The van der Waals surface area contributed by atoms with Crippen LogP contribution in [0.1, 0.15) is 49.9 Å². The average molecular weight is 504 g/mol. The SMILES string of the molecule is N#CCCCn1c(CN2c3ccccc3[C@]3(C[C@@H](OC(=O)NC4CC4)C3)C2=O)nc2cc(Cl)ccc21. The van der Waals surface area contributed by atoms with E-state index in [0.717, 1.165) is 41.0 Å². The van der Waals surface area contributed by atoms with Gasteiger partial charge in [-0.25, -0.2) is 9.78 Å². The van der Waals surface area contributed by atoms with Crippen molar-refractivity contribution < 1.29 is 14.3 Å². The molecule has 2 aliphatic carbocycles. The van der Waals surface area contributed by atoms with Gasteiger partial charge in [-0.1, -0.05) is 29.8 Å². The normalized spacial score (nSPS) is 22.4. The zero-order chi connectivity index (χ0) is 24.9. The zero-order valence-electron chi connectivity index (χ0n) is 19.7. The molecule has 0 bridgehead atoms. The number of unbranched alkanes of at least 4 members (excludes halogenated alkanes) is 1. The van der Waals surface area contributed by atoms with Gasteiger partial charge in [-0.05, 0) is 49.1 Å². The lowest BCUT2D eigenvalue weighted by Crippen LogP contribution is -2.53. The number of anilines is 1. The number of hydrogen-bond donors (Lipinski definition) is 1. The monoisotopic (exact) mass is 503 g/mol. The number of hydrogen-bond acceptors (Lipinski definition) is 5. The molecule has 36 heavy (non-hydrogen) atoms. The predicted molar refractivity (Wildman–Crippen MR) is 135 cm³/mol. The molecule has 184 valence electrons. The molecule has 0 radical (unpaired) electrons. The Bertz CT molecular complexity index is 1400. The summed E-state index contributed by atoms with van der Waals surface area (Å²) in [5.41, 5.74) is 2.87. The van der Waals surface area contributed by atoms with Gasteiger partial charge in [0.25, 0.3) is 0 Å². The highest BCUT2D eigenvalue weighted by Crippen LogP contribution is 2.54. The first-order valence-corrected chi connectivity index (χ1v) is 12.8. The van der Waals surface area contributed by atoms with Crippen molar-refractivity contribution in [3.05, 3.63) is 58.9 Å². The molecule has 1 N–H and O–H groups in total. The summed E-state index contributed by atoms with van der Waals surface area (Å²) in [4.78, 5) is 32.6. The van der Waals surface area contributed by atoms with Crippen LogP contribution < -0.4 is 10.2 Å². The van der Waals surface area contributed by atoms with E-state index in [1.165, 1.54) is 0 Å². The summed E-state index contributed by atoms with van der Waals surface area (Å²) in [6.07, 6.45) is 3.41. The molecule has 2 aromatic carbocycles. The number of aryl methyl sites for hydroxylation is 1. The Labute approximate surface area is 213 Å². The molecular weight excluding hydrogens is 478 g/mol. The van der Waals surface area contributed by atoms with E-state index in [0.29, 0.717) is 43.8 Å². The Morgan fingerprint density at radius 3 is 2.83 bits per heavy atom. The Balaban J connectivity index is 1.27. The van der Waals surface area contributed by atoms with Crippen molar-refractivity contribution in [3.63, 3.8) is 0 Å². The third-order valence-electron chi connectivity index (χ3n) is 7.45. The summed E-state index contributed by atoms with van der Waals surface area (Å²) in [5.74, 6) is 0.765. The summed E-state index contributed by atoms with van der Waals surface area (Å²) in [6.45, 7) is 0.937. The first-order valence-electron chi connectivity index (χ1n) is 12.4. The van der Waals surface area contributed by atoms with Crippen molar-refractivity contribution in [1.29, 1.82) is 5.26 Å². The number of nitriles is 1. The molecule has 1 aliphatic heterocycles. The quantitative estimate of drug-likeness (QED) is 0.465. The Kier molecular flexibility index (Phi) is 5.60. The molecule has 1 aromatic heterocycles. The van der Waals surface area contributed by atoms with Crippen LogP contribution >= 0.6 is 11.6 Å². The van der Waals surface area contributed by atoms with E-state index in [9.17, 15) is 9.59 Å².